The number of carbonyl (C=O) groups is 1. The van der Waals surface area contributed by atoms with Crippen molar-refractivity contribution in [3.05, 3.63) is 52.4 Å². The van der Waals surface area contributed by atoms with Crippen LogP contribution in [0, 0.1) is 12.8 Å². The molecule has 0 radical (unpaired) electrons. The van der Waals surface area contributed by atoms with Crippen molar-refractivity contribution in [2.75, 3.05) is 6.54 Å². The van der Waals surface area contributed by atoms with E-state index in [1.165, 1.54) is 11.8 Å². The van der Waals surface area contributed by atoms with Crippen LogP contribution < -0.4 is 10.6 Å². The summed E-state index contributed by atoms with van der Waals surface area (Å²) in [5, 5.41) is 16.5. The maximum atomic E-state index is 12.8. The highest BCUT2D eigenvalue weighted by Gasteiger charge is 2.70. The van der Waals surface area contributed by atoms with Crippen LogP contribution in [0.1, 0.15) is 50.2 Å². The fourth-order valence-corrected chi connectivity index (χ4v) is 4.39. The quantitative estimate of drug-likeness (QED) is 0.343. The van der Waals surface area contributed by atoms with Crippen molar-refractivity contribution in [3.8, 4) is 0 Å². The first kappa shape index (κ1) is 29.3. The molecule has 196 valence electrons. The number of allylic oxidation sites excluding steroid dienone is 1. The van der Waals surface area contributed by atoms with E-state index in [-0.39, 0.29) is 18.2 Å². The van der Waals surface area contributed by atoms with Gasteiger partial charge in [0.15, 0.2) is 0 Å². The highest BCUT2D eigenvalue weighted by Crippen LogP contribution is 2.43. The Kier molecular flexibility index (Phi) is 9.89. The fraction of sp³-hybridized carbons (Fsp3) is 0.542. The Morgan fingerprint density at radius 2 is 1.63 bits per heavy atom. The van der Waals surface area contributed by atoms with Gasteiger partial charge in [0.25, 0.3) is 5.60 Å². The Labute approximate surface area is 205 Å². The van der Waals surface area contributed by atoms with Crippen LogP contribution in [0.3, 0.4) is 0 Å². The van der Waals surface area contributed by atoms with E-state index in [0.29, 0.717) is 30.7 Å². The van der Waals surface area contributed by atoms with Gasteiger partial charge >= 0.3 is 12.4 Å². The fourth-order valence-electron chi connectivity index (χ4n) is 3.77. The summed E-state index contributed by atoms with van der Waals surface area (Å²) in [5.74, 6) is -0.288. The average Bonchev–Trinajstić information content (AvgIpc) is 2.75. The number of aryl methyl sites for hydroxylation is 1. The van der Waals surface area contributed by atoms with Crippen molar-refractivity contribution >= 4 is 23.2 Å². The van der Waals surface area contributed by atoms with Gasteiger partial charge in [0.2, 0.25) is 5.91 Å². The Bertz CT molecular complexity index is 890. The predicted molar refractivity (Wildman–Crippen MR) is 125 cm³/mol. The number of thioether (sulfide) groups is 1. The van der Waals surface area contributed by atoms with E-state index < -0.39 is 30.5 Å². The molecule has 1 aromatic carbocycles. The zero-order valence-electron chi connectivity index (χ0n) is 19.5. The first-order valence-corrected chi connectivity index (χ1v) is 12.0. The zero-order valence-corrected chi connectivity index (χ0v) is 20.3. The first-order valence-electron chi connectivity index (χ1n) is 11.1. The predicted octanol–water partition coefficient (Wildman–Crippen LogP) is 6.07. The van der Waals surface area contributed by atoms with Gasteiger partial charge in [-0.3, -0.25) is 4.79 Å². The van der Waals surface area contributed by atoms with Crippen molar-refractivity contribution in [2.45, 2.75) is 69.9 Å². The van der Waals surface area contributed by atoms with E-state index >= 15 is 0 Å². The third-order valence-electron chi connectivity index (χ3n) is 6.07. The molecule has 1 aromatic rings. The van der Waals surface area contributed by atoms with Gasteiger partial charge in [0.05, 0.1) is 5.03 Å². The molecule has 1 amide bonds. The van der Waals surface area contributed by atoms with Gasteiger partial charge in [-0.05, 0) is 62.0 Å². The van der Waals surface area contributed by atoms with Crippen LogP contribution in [-0.4, -0.2) is 41.6 Å². The molecule has 1 saturated carbocycles. The molecular weight excluding hydrogens is 494 g/mol. The zero-order chi connectivity index (χ0) is 26.4. The van der Waals surface area contributed by atoms with Crippen LogP contribution in [0.2, 0.25) is 0 Å². The standard InChI is InChI=1S/C24H30F6N2O2S/c1-15-4-8-19(9-5-15)16(2)13-35-17(3)32-21(33)12-18-6-10-20(11-7-18)31-14-22(34,23(25,26)27)24(28,29)30/h4-5,8-9,13,18,20,31,34H,3,6-7,10-12,14H2,1-2H3,(H,32,33)/b16-13+/t18-,20+. The number of halogens is 6. The van der Waals surface area contributed by atoms with Crippen LogP contribution in [0.25, 0.3) is 5.57 Å². The molecular formula is C24H30F6N2O2S. The second kappa shape index (κ2) is 11.8. The van der Waals surface area contributed by atoms with Gasteiger partial charge < -0.3 is 15.7 Å². The number of nitrogens with one attached hydrogen (secondary N) is 2. The summed E-state index contributed by atoms with van der Waals surface area (Å²) in [4.78, 5) is 12.3. The molecule has 1 aliphatic rings. The lowest BCUT2D eigenvalue weighted by Gasteiger charge is -2.35. The van der Waals surface area contributed by atoms with Crippen LogP contribution in [-0.2, 0) is 4.79 Å². The summed E-state index contributed by atoms with van der Waals surface area (Å²) in [5.41, 5.74) is -1.59. The largest absolute Gasteiger partial charge is 0.427 e. The van der Waals surface area contributed by atoms with E-state index in [4.69, 9.17) is 0 Å². The van der Waals surface area contributed by atoms with E-state index in [0.717, 1.165) is 16.7 Å². The van der Waals surface area contributed by atoms with Crippen molar-refractivity contribution in [1.82, 2.24) is 10.6 Å². The second-order valence-electron chi connectivity index (χ2n) is 8.91. The Balaban J connectivity index is 1.76. The lowest BCUT2D eigenvalue weighted by molar-refractivity contribution is -0.365. The highest BCUT2D eigenvalue weighted by molar-refractivity contribution is 8.05. The molecule has 35 heavy (non-hydrogen) atoms. The monoisotopic (exact) mass is 524 g/mol. The lowest BCUT2D eigenvalue weighted by atomic mass is 9.83. The number of amides is 1. The second-order valence-corrected chi connectivity index (χ2v) is 9.88. The third-order valence-corrected chi connectivity index (χ3v) is 6.93. The Morgan fingerprint density at radius 1 is 1.09 bits per heavy atom. The number of hydrogen-bond acceptors (Lipinski definition) is 4. The smallest absolute Gasteiger partial charge is 0.373 e. The minimum atomic E-state index is -5.85. The molecule has 0 bridgehead atoms. The van der Waals surface area contributed by atoms with E-state index in [1.807, 2.05) is 43.5 Å². The molecule has 4 nitrogen and oxygen atoms in total. The normalized spacial score (nSPS) is 20.0. The van der Waals surface area contributed by atoms with Gasteiger partial charge in [-0.1, -0.05) is 48.2 Å². The van der Waals surface area contributed by atoms with Gasteiger partial charge in [0, 0.05) is 19.0 Å². The SMILES string of the molecule is C=C(NC(=O)C[C@H]1CC[C@@H](NCC(O)(C(F)(F)F)C(F)(F)F)CC1)S/C=C(\C)c1ccc(C)cc1. The molecule has 0 aromatic heterocycles. The maximum Gasteiger partial charge on any atom is 0.427 e. The maximum absolute atomic E-state index is 12.8. The first-order chi connectivity index (χ1) is 16.1. The topological polar surface area (TPSA) is 61.4 Å². The Hall–Kier alpha value is -1.98. The third kappa shape index (κ3) is 8.28. The molecule has 0 aliphatic heterocycles. The minimum Gasteiger partial charge on any atom is -0.373 e. The molecule has 1 fully saturated rings. The highest BCUT2D eigenvalue weighted by atomic mass is 32.2. The summed E-state index contributed by atoms with van der Waals surface area (Å²) in [7, 11) is 0. The van der Waals surface area contributed by atoms with Crippen LogP contribution >= 0.6 is 11.8 Å². The van der Waals surface area contributed by atoms with Gasteiger partial charge in [-0.25, -0.2) is 0 Å². The average molecular weight is 525 g/mol. The molecule has 1 aliphatic carbocycles. The van der Waals surface area contributed by atoms with Crippen LogP contribution in [0.5, 0.6) is 0 Å². The summed E-state index contributed by atoms with van der Waals surface area (Å²) >= 11 is 1.28. The lowest BCUT2D eigenvalue weighted by Crippen LogP contribution is -2.63. The number of benzene rings is 1. The summed E-state index contributed by atoms with van der Waals surface area (Å²) < 4.78 is 76.8. The molecule has 0 heterocycles. The summed E-state index contributed by atoms with van der Waals surface area (Å²) in [6.45, 7) is 6.12. The van der Waals surface area contributed by atoms with Crippen molar-refractivity contribution in [1.29, 1.82) is 0 Å². The molecule has 0 unspecified atom stereocenters. The molecule has 3 N–H and O–H groups in total. The number of alkyl halides is 6. The minimum absolute atomic E-state index is 0.0418. The summed E-state index contributed by atoms with van der Waals surface area (Å²) in [6.07, 6.45) is -9.97. The van der Waals surface area contributed by atoms with Gasteiger partial charge in [-0.2, -0.15) is 26.3 Å². The molecule has 2 rings (SSSR count). The molecule has 11 heteroatoms. The van der Waals surface area contributed by atoms with Crippen molar-refractivity contribution in [2.24, 2.45) is 5.92 Å². The van der Waals surface area contributed by atoms with Crippen LogP contribution in [0.15, 0.2) is 41.3 Å². The van der Waals surface area contributed by atoms with Crippen LogP contribution in [0.4, 0.5) is 26.3 Å². The van der Waals surface area contributed by atoms with E-state index in [1.54, 1.807) is 0 Å². The molecule has 0 spiro atoms. The summed E-state index contributed by atoms with van der Waals surface area (Å²) in [6, 6.07) is 7.41. The Morgan fingerprint density at radius 3 is 2.14 bits per heavy atom. The molecule has 0 saturated heterocycles. The van der Waals surface area contributed by atoms with Gasteiger partial charge in [-0.15, -0.1) is 0 Å². The number of rotatable bonds is 9. The van der Waals surface area contributed by atoms with Crippen molar-refractivity contribution in [3.63, 3.8) is 0 Å². The van der Waals surface area contributed by atoms with E-state index in [2.05, 4.69) is 17.2 Å². The number of hydrogen-bond donors (Lipinski definition) is 3. The number of carbonyl (C=O) groups excluding carboxylic acids is 1. The van der Waals surface area contributed by atoms with E-state index in [9.17, 15) is 36.2 Å². The van der Waals surface area contributed by atoms with Gasteiger partial charge in [0.1, 0.15) is 0 Å². The molecule has 0 atom stereocenters. The van der Waals surface area contributed by atoms with Crippen molar-refractivity contribution < 1.29 is 36.2 Å². The number of aliphatic hydroxyl groups is 1.